The number of ether oxygens (including phenoxy) is 1. The van der Waals surface area contributed by atoms with E-state index in [0.717, 1.165) is 12.8 Å². The molecular weight excluding hydrogens is 276 g/mol. The highest BCUT2D eigenvalue weighted by Gasteiger charge is 2.31. The molecule has 1 aliphatic rings. The van der Waals surface area contributed by atoms with Gasteiger partial charge in [0, 0.05) is 19.1 Å². The Morgan fingerprint density at radius 2 is 2.00 bits per heavy atom. The number of hydrogen-bond donors (Lipinski definition) is 3. The second kappa shape index (κ2) is 8.84. The predicted octanol–water partition coefficient (Wildman–Crippen LogP) is 0.811. The molecule has 2 atom stereocenters. The molecule has 2 unspecified atom stereocenters. The smallest absolute Gasteiger partial charge is 0.332 e. The summed E-state index contributed by atoms with van der Waals surface area (Å²) in [4.78, 5) is 24.6. The number of aliphatic hydroxyl groups excluding tert-OH is 1. The van der Waals surface area contributed by atoms with Crippen molar-refractivity contribution in [3.8, 4) is 0 Å². The molecule has 0 aromatic carbocycles. The summed E-state index contributed by atoms with van der Waals surface area (Å²) in [5.74, 6) is -0.956. The van der Waals surface area contributed by atoms with Gasteiger partial charge >= 0.3 is 12.0 Å². The average Bonchev–Trinajstić information content (AvgIpc) is 2.94. The number of carboxylic acid groups (broad SMARTS) is 1. The fourth-order valence-corrected chi connectivity index (χ4v) is 2.63. The van der Waals surface area contributed by atoms with Crippen LogP contribution in [0.1, 0.15) is 39.5 Å². The monoisotopic (exact) mass is 302 g/mol. The molecule has 0 aromatic heterocycles. The number of carbonyl (C=O) groups is 2. The Hall–Kier alpha value is -1.34. The third-order valence-electron chi connectivity index (χ3n) is 3.85. The molecule has 1 saturated heterocycles. The second-order valence-corrected chi connectivity index (χ2v) is 5.24. The standard InChI is InChI=1S/C14H26N2O5/c1-3-10(4-2)16(7-8-17)14(20)15-9-11-5-6-12(21-11)13(18)19/h10-12,17H,3-9H2,1-2H3,(H,15,20)(H,18,19). The highest BCUT2D eigenvalue weighted by molar-refractivity contribution is 5.74. The Kier molecular flexibility index (Phi) is 7.45. The number of hydrogen-bond acceptors (Lipinski definition) is 4. The zero-order chi connectivity index (χ0) is 15.8. The lowest BCUT2D eigenvalue weighted by atomic mass is 10.1. The van der Waals surface area contributed by atoms with Crippen LogP contribution in [0.25, 0.3) is 0 Å². The van der Waals surface area contributed by atoms with E-state index in [9.17, 15) is 9.59 Å². The number of amides is 2. The topological polar surface area (TPSA) is 99.1 Å². The summed E-state index contributed by atoms with van der Waals surface area (Å²) in [7, 11) is 0. The fraction of sp³-hybridized carbons (Fsp3) is 0.857. The Bertz CT molecular complexity index is 346. The molecule has 1 aliphatic heterocycles. The first-order valence-electron chi connectivity index (χ1n) is 7.57. The van der Waals surface area contributed by atoms with Gasteiger partial charge in [0.2, 0.25) is 0 Å². The van der Waals surface area contributed by atoms with E-state index in [1.807, 2.05) is 13.8 Å². The van der Waals surface area contributed by atoms with Crippen LogP contribution in [0.2, 0.25) is 0 Å². The van der Waals surface area contributed by atoms with Crippen molar-refractivity contribution in [2.45, 2.75) is 57.8 Å². The number of aliphatic carboxylic acids is 1. The van der Waals surface area contributed by atoms with E-state index in [-0.39, 0.29) is 24.8 Å². The molecule has 0 aliphatic carbocycles. The van der Waals surface area contributed by atoms with Gasteiger partial charge in [0.25, 0.3) is 0 Å². The van der Waals surface area contributed by atoms with Crippen molar-refractivity contribution < 1.29 is 24.5 Å². The second-order valence-electron chi connectivity index (χ2n) is 5.24. The summed E-state index contributed by atoms with van der Waals surface area (Å²) in [6, 6.07) is -0.145. The van der Waals surface area contributed by atoms with Crippen molar-refractivity contribution in [3.05, 3.63) is 0 Å². The van der Waals surface area contributed by atoms with Gasteiger partial charge < -0.3 is 25.2 Å². The van der Waals surface area contributed by atoms with Crippen LogP contribution in [-0.2, 0) is 9.53 Å². The first kappa shape index (κ1) is 17.7. The van der Waals surface area contributed by atoms with E-state index in [2.05, 4.69) is 5.32 Å². The quantitative estimate of drug-likeness (QED) is 0.616. The minimum absolute atomic E-state index is 0.0784. The van der Waals surface area contributed by atoms with Gasteiger partial charge in [-0.3, -0.25) is 0 Å². The van der Waals surface area contributed by atoms with E-state index in [4.69, 9.17) is 14.9 Å². The van der Waals surface area contributed by atoms with Crippen LogP contribution >= 0.6 is 0 Å². The third kappa shape index (κ3) is 5.17. The number of carboxylic acids is 1. The predicted molar refractivity (Wildman–Crippen MR) is 77.1 cm³/mol. The summed E-state index contributed by atoms with van der Waals surface area (Å²) in [6.07, 6.45) is 1.73. The normalized spacial score (nSPS) is 21.5. The Morgan fingerprint density at radius 3 is 2.48 bits per heavy atom. The number of aliphatic hydroxyl groups is 1. The van der Waals surface area contributed by atoms with E-state index in [0.29, 0.717) is 25.9 Å². The SMILES string of the molecule is CCC(CC)N(CCO)C(=O)NCC1CCC(C(=O)O)O1. The van der Waals surface area contributed by atoms with Gasteiger partial charge in [-0.15, -0.1) is 0 Å². The Labute approximate surface area is 125 Å². The third-order valence-corrected chi connectivity index (χ3v) is 3.85. The molecule has 21 heavy (non-hydrogen) atoms. The molecule has 0 bridgehead atoms. The number of rotatable bonds is 8. The maximum Gasteiger partial charge on any atom is 0.332 e. The number of nitrogens with one attached hydrogen (secondary N) is 1. The van der Waals surface area contributed by atoms with Crippen molar-refractivity contribution >= 4 is 12.0 Å². The first-order valence-corrected chi connectivity index (χ1v) is 7.57. The number of carbonyl (C=O) groups excluding carboxylic acids is 1. The molecule has 0 aromatic rings. The lowest BCUT2D eigenvalue weighted by Crippen LogP contribution is -2.48. The van der Waals surface area contributed by atoms with E-state index >= 15 is 0 Å². The average molecular weight is 302 g/mol. The minimum Gasteiger partial charge on any atom is -0.479 e. The van der Waals surface area contributed by atoms with Gasteiger partial charge in [0.05, 0.1) is 12.7 Å². The first-order chi connectivity index (χ1) is 10.0. The highest BCUT2D eigenvalue weighted by Crippen LogP contribution is 2.19. The maximum atomic E-state index is 12.2. The summed E-state index contributed by atoms with van der Waals surface area (Å²) in [5, 5.41) is 20.7. The van der Waals surface area contributed by atoms with Crippen LogP contribution in [0.5, 0.6) is 0 Å². The summed E-state index contributed by atoms with van der Waals surface area (Å²) in [5.41, 5.74) is 0. The molecule has 7 heteroatoms. The summed E-state index contributed by atoms with van der Waals surface area (Å²) < 4.78 is 5.34. The van der Waals surface area contributed by atoms with Crippen LogP contribution < -0.4 is 5.32 Å². The molecule has 3 N–H and O–H groups in total. The van der Waals surface area contributed by atoms with Gasteiger partial charge in [0.1, 0.15) is 0 Å². The largest absolute Gasteiger partial charge is 0.479 e. The van der Waals surface area contributed by atoms with Crippen LogP contribution in [-0.4, -0.2) is 65.1 Å². The Morgan fingerprint density at radius 1 is 1.33 bits per heavy atom. The van der Waals surface area contributed by atoms with Crippen LogP contribution in [0, 0.1) is 0 Å². The van der Waals surface area contributed by atoms with Crippen molar-refractivity contribution in [1.29, 1.82) is 0 Å². The van der Waals surface area contributed by atoms with Gasteiger partial charge in [-0.25, -0.2) is 9.59 Å². The molecule has 0 saturated carbocycles. The molecule has 2 amide bonds. The van der Waals surface area contributed by atoms with Crippen LogP contribution in [0.15, 0.2) is 0 Å². The molecule has 1 rings (SSSR count). The summed E-state index contributed by atoms with van der Waals surface area (Å²) in [6.45, 7) is 4.52. The molecule has 1 fully saturated rings. The van der Waals surface area contributed by atoms with Crippen molar-refractivity contribution in [2.75, 3.05) is 19.7 Å². The van der Waals surface area contributed by atoms with Crippen molar-refractivity contribution in [2.24, 2.45) is 0 Å². The van der Waals surface area contributed by atoms with Gasteiger partial charge in [-0.1, -0.05) is 13.8 Å². The van der Waals surface area contributed by atoms with Gasteiger partial charge in [-0.05, 0) is 25.7 Å². The zero-order valence-electron chi connectivity index (χ0n) is 12.7. The molecule has 0 radical (unpaired) electrons. The molecule has 122 valence electrons. The number of nitrogens with zero attached hydrogens (tertiary/aromatic N) is 1. The van der Waals surface area contributed by atoms with Crippen LogP contribution in [0.3, 0.4) is 0 Å². The zero-order valence-corrected chi connectivity index (χ0v) is 12.7. The molecular formula is C14H26N2O5. The van der Waals surface area contributed by atoms with E-state index < -0.39 is 12.1 Å². The van der Waals surface area contributed by atoms with Crippen LogP contribution in [0.4, 0.5) is 4.79 Å². The lowest BCUT2D eigenvalue weighted by Gasteiger charge is -2.30. The highest BCUT2D eigenvalue weighted by atomic mass is 16.5. The van der Waals surface area contributed by atoms with Crippen molar-refractivity contribution in [3.63, 3.8) is 0 Å². The molecule has 1 heterocycles. The van der Waals surface area contributed by atoms with Crippen molar-refractivity contribution in [1.82, 2.24) is 10.2 Å². The van der Waals surface area contributed by atoms with E-state index in [1.165, 1.54) is 0 Å². The number of urea groups is 1. The molecule has 0 spiro atoms. The molecule has 7 nitrogen and oxygen atoms in total. The maximum absolute atomic E-state index is 12.2. The van der Waals surface area contributed by atoms with Gasteiger partial charge in [0.15, 0.2) is 6.10 Å². The summed E-state index contributed by atoms with van der Waals surface area (Å²) >= 11 is 0. The lowest BCUT2D eigenvalue weighted by molar-refractivity contribution is -0.149. The van der Waals surface area contributed by atoms with Gasteiger partial charge in [-0.2, -0.15) is 0 Å². The van der Waals surface area contributed by atoms with E-state index in [1.54, 1.807) is 4.90 Å². The fourth-order valence-electron chi connectivity index (χ4n) is 2.63. The Balaban J connectivity index is 2.45. The minimum atomic E-state index is -0.956.